The van der Waals surface area contributed by atoms with E-state index in [9.17, 15) is 21.0 Å². The van der Waals surface area contributed by atoms with E-state index in [-0.39, 0.29) is 0 Å². The number of hydrogen-bond acceptors (Lipinski definition) is 10. The highest BCUT2D eigenvalue weighted by Crippen LogP contribution is 2.41. The van der Waals surface area contributed by atoms with Gasteiger partial charge in [0.1, 0.15) is 0 Å². The molecule has 0 N–H and O–H groups in total. The van der Waals surface area contributed by atoms with Crippen LogP contribution in [-0.2, 0) is 0 Å². The Balaban J connectivity index is 0.780. The fourth-order valence-electron chi connectivity index (χ4n) is 11.5. The minimum atomic E-state index is 0.368. The smallest absolute Gasteiger partial charge is 0.164 e. The first-order chi connectivity index (χ1) is 43.4. The molecule has 12 aromatic carbocycles. The van der Waals surface area contributed by atoms with Gasteiger partial charge in [-0.15, -0.1) is 0 Å². The van der Waals surface area contributed by atoms with Gasteiger partial charge in [-0.3, -0.25) is 0 Å². The molecule has 0 atom stereocenters. The summed E-state index contributed by atoms with van der Waals surface area (Å²) in [5.41, 5.74) is 15.1. The monoisotopic (exact) mass is 1120 g/mol. The zero-order valence-electron chi connectivity index (χ0n) is 46.9. The molecule has 406 valence electrons. The van der Waals surface area contributed by atoms with Gasteiger partial charge in [-0.25, -0.2) is 29.9 Å². The van der Waals surface area contributed by atoms with Crippen LogP contribution in [0.25, 0.3) is 146 Å². The number of rotatable bonds is 11. The lowest BCUT2D eigenvalue weighted by Gasteiger charge is -2.15. The molecule has 2 aromatic heterocycles. The number of nitriles is 4. The Morgan fingerprint density at radius 1 is 0.205 bits per heavy atom. The third-order valence-corrected chi connectivity index (χ3v) is 15.7. The van der Waals surface area contributed by atoms with E-state index in [2.05, 4.69) is 91.0 Å². The predicted molar refractivity (Wildman–Crippen MR) is 347 cm³/mol. The van der Waals surface area contributed by atoms with Crippen molar-refractivity contribution in [2.45, 2.75) is 0 Å². The largest absolute Gasteiger partial charge is 0.208 e. The Bertz CT molecular complexity index is 5110. The summed E-state index contributed by atoms with van der Waals surface area (Å²) in [6.07, 6.45) is 0. The zero-order valence-corrected chi connectivity index (χ0v) is 46.9. The van der Waals surface area contributed by atoms with Crippen LogP contribution in [0.1, 0.15) is 22.3 Å². The second-order valence-electron chi connectivity index (χ2n) is 21.1. The summed E-state index contributed by atoms with van der Waals surface area (Å²) >= 11 is 0. The molecule has 10 nitrogen and oxygen atoms in total. The average Bonchev–Trinajstić information content (AvgIpc) is 1.17. The lowest BCUT2D eigenvalue weighted by Crippen LogP contribution is -2.00. The third kappa shape index (κ3) is 10.2. The third-order valence-electron chi connectivity index (χ3n) is 15.7. The Morgan fingerprint density at radius 2 is 0.500 bits per heavy atom. The van der Waals surface area contributed by atoms with Crippen LogP contribution in [0.5, 0.6) is 0 Å². The fourth-order valence-corrected chi connectivity index (χ4v) is 11.5. The number of aromatic nitrogens is 6. The maximum atomic E-state index is 10.9. The van der Waals surface area contributed by atoms with Crippen molar-refractivity contribution in [1.29, 1.82) is 21.0 Å². The van der Waals surface area contributed by atoms with Crippen molar-refractivity contribution < 1.29 is 0 Å². The summed E-state index contributed by atoms with van der Waals surface area (Å²) in [4.78, 5) is 29.9. The summed E-state index contributed by atoms with van der Waals surface area (Å²) in [6.45, 7) is 0. The minimum absolute atomic E-state index is 0.368. The fraction of sp³-hybridized carbons (Fsp3) is 0. The van der Waals surface area contributed by atoms with Crippen LogP contribution in [0.2, 0.25) is 0 Å². The minimum Gasteiger partial charge on any atom is -0.208 e. The summed E-state index contributed by atoms with van der Waals surface area (Å²) in [7, 11) is 0. The van der Waals surface area contributed by atoms with E-state index in [0.717, 1.165) is 99.4 Å². The van der Waals surface area contributed by atoms with Crippen LogP contribution in [-0.4, -0.2) is 29.9 Å². The summed E-state index contributed by atoms with van der Waals surface area (Å²) in [6, 6.07) is 96.6. The molecule has 0 aliphatic rings. The van der Waals surface area contributed by atoms with Gasteiger partial charge >= 0.3 is 0 Å². The Kier molecular flexibility index (Phi) is 13.9. The van der Waals surface area contributed by atoms with Gasteiger partial charge in [0.2, 0.25) is 0 Å². The molecule has 0 aliphatic carbocycles. The molecular weight excluding hydrogens is 1080 g/mol. The SMILES string of the molecule is N#Cc1cc(C#N)cc(-c2ccc(-c3cccc(-c4nc(-c5ccccc5)nc(-c5ccc(-c6c(C#N)cc(-c7ccc(-c8ccc(-c9nc(-c%10ccccc%10)nc(-c%10ccccc%10)n9)cc8)c8ccccc78)cc6C#N)cc5)n4)c3)c3ccccc23)c1. The van der Waals surface area contributed by atoms with Gasteiger partial charge in [-0.2, -0.15) is 21.0 Å². The predicted octanol–water partition coefficient (Wildman–Crippen LogP) is 18.2. The van der Waals surface area contributed by atoms with Gasteiger partial charge in [-0.05, 0) is 108 Å². The standard InChI is InChI=1S/C78H44N10/c79-45-49-39-50(46-80)41-60(40-49)66-38-36-65(69-24-11-13-25-70(66)69)58-21-14-22-59(42-58)78-87-75(55-19-8-3-9-20-55)86-77(88-78)57-33-29-52(30-34-57)72-62(47-81)43-61(44-63(72)48-82)67-37-35-64(68-23-10-12-26-71(67)68)51-27-31-56(32-28-51)76-84-73(53-15-4-1-5-16-53)83-74(85-76)54-17-6-2-7-18-54/h1-44H. The lowest BCUT2D eigenvalue weighted by molar-refractivity contribution is 1.07. The number of nitrogens with zero attached hydrogens (tertiary/aromatic N) is 10. The van der Waals surface area contributed by atoms with Crippen molar-refractivity contribution in [2.75, 3.05) is 0 Å². The summed E-state index contributed by atoms with van der Waals surface area (Å²) in [5, 5.41) is 45.2. The molecule has 0 fully saturated rings. The molecule has 10 heteroatoms. The molecule has 88 heavy (non-hydrogen) atoms. The highest BCUT2D eigenvalue weighted by Gasteiger charge is 2.20. The summed E-state index contributed by atoms with van der Waals surface area (Å²) in [5.74, 6) is 3.20. The van der Waals surface area contributed by atoms with E-state index >= 15 is 0 Å². The molecule has 0 bridgehead atoms. The molecule has 0 aliphatic heterocycles. The van der Waals surface area contributed by atoms with E-state index in [1.54, 1.807) is 6.07 Å². The van der Waals surface area contributed by atoms with Crippen molar-refractivity contribution in [2.24, 2.45) is 0 Å². The van der Waals surface area contributed by atoms with Crippen molar-refractivity contribution in [3.8, 4) is 148 Å². The Labute approximate surface area is 507 Å². The molecular formula is C78H44N10. The van der Waals surface area contributed by atoms with E-state index in [1.165, 1.54) is 0 Å². The molecule has 2 heterocycles. The van der Waals surface area contributed by atoms with E-state index in [1.807, 2.05) is 194 Å². The van der Waals surface area contributed by atoms with Gasteiger partial charge in [-0.1, -0.05) is 231 Å². The molecule has 0 saturated heterocycles. The molecule has 14 aromatic rings. The molecule has 14 rings (SSSR count). The number of fused-ring (bicyclic) bond motifs is 2. The first-order valence-corrected chi connectivity index (χ1v) is 28.4. The highest BCUT2D eigenvalue weighted by molar-refractivity contribution is 6.07. The van der Waals surface area contributed by atoms with Crippen LogP contribution in [0.15, 0.2) is 267 Å². The number of hydrogen-bond donors (Lipinski definition) is 0. The van der Waals surface area contributed by atoms with Crippen molar-refractivity contribution in [3.05, 3.63) is 289 Å². The Morgan fingerprint density at radius 3 is 0.886 bits per heavy atom. The van der Waals surface area contributed by atoms with Gasteiger partial charge in [0, 0.05) is 38.9 Å². The molecule has 0 amide bonds. The maximum Gasteiger partial charge on any atom is 0.164 e. The van der Waals surface area contributed by atoms with Crippen molar-refractivity contribution in [3.63, 3.8) is 0 Å². The molecule has 0 unspecified atom stereocenters. The molecule has 0 radical (unpaired) electrons. The lowest BCUT2D eigenvalue weighted by atomic mass is 9.87. The first-order valence-electron chi connectivity index (χ1n) is 28.4. The topological polar surface area (TPSA) is 172 Å². The van der Waals surface area contributed by atoms with Crippen molar-refractivity contribution >= 4 is 21.5 Å². The highest BCUT2D eigenvalue weighted by atomic mass is 15.0. The van der Waals surface area contributed by atoms with E-state index < -0.39 is 0 Å². The van der Waals surface area contributed by atoms with Crippen LogP contribution in [0.4, 0.5) is 0 Å². The quantitative estimate of drug-likeness (QED) is 0.121. The van der Waals surface area contributed by atoms with Crippen LogP contribution in [0.3, 0.4) is 0 Å². The van der Waals surface area contributed by atoms with E-state index in [0.29, 0.717) is 68.3 Å². The van der Waals surface area contributed by atoms with E-state index in [4.69, 9.17) is 29.9 Å². The van der Waals surface area contributed by atoms with Crippen LogP contribution in [0, 0.1) is 45.3 Å². The second-order valence-corrected chi connectivity index (χ2v) is 21.1. The van der Waals surface area contributed by atoms with Gasteiger partial charge in [0.15, 0.2) is 34.9 Å². The van der Waals surface area contributed by atoms with Crippen molar-refractivity contribution in [1.82, 2.24) is 29.9 Å². The second kappa shape index (κ2) is 23.1. The molecule has 0 saturated carbocycles. The van der Waals surface area contributed by atoms with Gasteiger partial charge in [0.05, 0.1) is 46.5 Å². The summed E-state index contributed by atoms with van der Waals surface area (Å²) < 4.78 is 0. The molecule has 0 spiro atoms. The van der Waals surface area contributed by atoms with Crippen LogP contribution >= 0.6 is 0 Å². The normalized spacial score (nSPS) is 10.9. The number of benzene rings is 12. The van der Waals surface area contributed by atoms with Gasteiger partial charge < -0.3 is 0 Å². The van der Waals surface area contributed by atoms with Gasteiger partial charge in [0.25, 0.3) is 0 Å². The first kappa shape index (κ1) is 53.2. The average molecular weight is 1120 g/mol. The van der Waals surface area contributed by atoms with Crippen LogP contribution < -0.4 is 0 Å². The maximum absolute atomic E-state index is 10.9. The Hall–Kier alpha value is -12.9. The zero-order chi connectivity index (χ0) is 59.5.